The number of amides is 1. The van der Waals surface area contributed by atoms with Gasteiger partial charge in [-0.2, -0.15) is 0 Å². The topological polar surface area (TPSA) is 88.5 Å². The predicted octanol–water partition coefficient (Wildman–Crippen LogP) is 3.91. The molecule has 1 saturated heterocycles. The van der Waals surface area contributed by atoms with Gasteiger partial charge in [0, 0.05) is 30.6 Å². The van der Waals surface area contributed by atoms with Crippen molar-refractivity contribution in [2.45, 2.75) is 51.7 Å². The molecule has 0 bridgehead atoms. The van der Waals surface area contributed by atoms with Gasteiger partial charge in [-0.1, -0.05) is 18.2 Å². The molecule has 8 nitrogen and oxygen atoms in total. The van der Waals surface area contributed by atoms with Gasteiger partial charge in [-0.05, 0) is 63.1 Å². The van der Waals surface area contributed by atoms with Gasteiger partial charge in [0.1, 0.15) is 5.75 Å². The normalized spacial score (nSPS) is 21.5. The number of benzene rings is 2. The average molecular weight is 483 g/mol. The van der Waals surface area contributed by atoms with Crippen LogP contribution in [0, 0.1) is 5.92 Å². The minimum atomic E-state index is -0.895. The molecule has 8 heteroatoms. The fourth-order valence-electron chi connectivity index (χ4n) is 5.50. The Morgan fingerprint density at radius 1 is 1.03 bits per heavy atom. The van der Waals surface area contributed by atoms with Gasteiger partial charge in [0.25, 0.3) is 0 Å². The number of carboxylic acids is 1. The lowest BCUT2D eigenvalue weighted by molar-refractivity contribution is -0.144. The summed E-state index contributed by atoms with van der Waals surface area (Å²) >= 11 is 0. The van der Waals surface area contributed by atoms with Gasteiger partial charge in [0.15, 0.2) is 11.5 Å². The van der Waals surface area contributed by atoms with Crippen molar-refractivity contribution in [1.82, 2.24) is 9.80 Å². The molecule has 2 aromatic carbocycles. The van der Waals surface area contributed by atoms with Gasteiger partial charge in [0.2, 0.25) is 12.7 Å². The van der Waals surface area contributed by atoms with Crippen molar-refractivity contribution in [2.75, 3.05) is 27.0 Å². The van der Waals surface area contributed by atoms with E-state index in [0.29, 0.717) is 23.8 Å². The minimum absolute atomic E-state index is 0.0102. The highest BCUT2D eigenvalue weighted by Crippen LogP contribution is 2.47. The molecule has 1 fully saturated rings. The SMILES string of the molecule is COc1ccc(C2C(C(=O)O)C(c3ccc4c(c3)OCO4)CN2CC(=O)N(C(C)C)C(C)C)cc1. The summed E-state index contributed by atoms with van der Waals surface area (Å²) in [5, 5.41) is 10.4. The molecular formula is C27H34N2O6. The summed E-state index contributed by atoms with van der Waals surface area (Å²) in [4.78, 5) is 30.0. The Hall–Kier alpha value is -3.26. The number of hydrogen-bond acceptors (Lipinski definition) is 6. The number of carboxylic acid groups (broad SMARTS) is 1. The number of nitrogens with zero attached hydrogens (tertiary/aromatic N) is 2. The van der Waals surface area contributed by atoms with Crippen molar-refractivity contribution in [3.8, 4) is 17.2 Å². The van der Waals surface area contributed by atoms with Gasteiger partial charge in [0.05, 0.1) is 19.6 Å². The standard InChI is InChI=1S/C27H34N2O6/c1-16(2)29(17(3)4)24(30)14-28-13-21(19-8-11-22-23(12-19)35-15-34-22)25(27(31)32)26(28)18-6-9-20(33-5)10-7-18/h6-12,16-17,21,25-26H,13-15H2,1-5H3,(H,31,32). The molecule has 2 heterocycles. The Morgan fingerprint density at radius 3 is 2.26 bits per heavy atom. The highest BCUT2D eigenvalue weighted by atomic mass is 16.7. The molecule has 1 amide bonds. The molecule has 1 N–H and O–H groups in total. The van der Waals surface area contributed by atoms with Crippen LogP contribution in [0.15, 0.2) is 42.5 Å². The summed E-state index contributed by atoms with van der Waals surface area (Å²) in [6.07, 6.45) is 0. The lowest BCUT2D eigenvalue weighted by Crippen LogP contribution is -2.47. The summed E-state index contributed by atoms with van der Waals surface area (Å²) < 4.78 is 16.3. The van der Waals surface area contributed by atoms with Crippen LogP contribution in [0.1, 0.15) is 50.8 Å². The zero-order chi connectivity index (χ0) is 25.3. The zero-order valence-corrected chi connectivity index (χ0v) is 20.9. The second-order valence-corrected chi connectivity index (χ2v) is 9.72. The third-order valence-electron chi connectivity index (χ3n) is 6.90. The second kappa shape index (κ2) is 10.2. The van der Waals surface area contributed by atoms with E-state index < -0.39 is 17.9 Å². The van der Waals surface area contributed by atoms with Gasteiger partial charge >= 0.3 is 5.97 Å². The van der Waals surface area contributed by atoms with E-state index in [4.69, 9.17) is 14.2 Å². The summed E-state index contributed by atoms with van der Waals surface area (Å²) in [5.74, 6) is -0.0113. The van der Waals surface area contributed by atoms with Crippen LogP contribution in [0.4, 0.5) is 0 Å². The molecule has 188 valence electrons. The lowest BCUT2D eigenvalue weighted by Gasteiger charge is -2.34. The predicted molar refractivity (Wildman–Crippen MR) is 131 cm³/mol. The summed E-state index contributed by atoms with van der Waals surface area (Å²) in [5.41, 5.74) is 1.70. The Morgan fingerprint density at radius 2 is 1.66 bits per heavy atom. The van der Waals surface area contributed by atoms with Gasteiger partial charge in [-0.15, -0.1) is 0 Å². The van der Waals surface area contributed by atoms with Crippen LogP contribution in [0.5, 0.6) is 17.2 Å². The van der Waals surface area contributed by atoms with Crippen LogP contribution in [-0.2, 0) is 9.59 Å². The number of fused-ring (bicyclic) bond motifs is 1. The third kappa shape index (κ3) is 4.93. The van der Waals surface area contributed by atoms with Crippen LogP contribution in [0.3, 0.4) is 0 Å². The molecule has 2 aliphatic heterocycles. The molecule has 0 radical (unpaired) electrons. The molecule has 4 rings (SSSR count). The van der Waals surface area contributed by atoms with Crippen molar-refractivity contribution in [3.63, 3.8) is 0 Å². The van der Waals surface area contributed by atoms with Gasteiger partial charge in [-0.25, -0.2) is 0 Å². The monoisotopic (exact) mass is 482 g/mol. The third-order valence-corrected chi connectivity index (χ3v) is 6.90. The van der Waals surface area contributed by atoms with E-state index in [1.165, 1.54) is 0 Å². The molecule has 2 aromatic rings. The van der Waals surface area contributed by atoms with Crippen LogP contribution >= 0.6 is 0 Å². The van der Waals surface area contributed by atoms with E-state index >= 15 is 0 Å². The fraction of sp³-hybridized carbons (Fsp3) is 0.481. The molecule has 0 aliphatic carbocycles. The fourth-order valence-corrected chi connectivity index (χ4v) is 5.50. The van der Waals surface area contributed by atoms with Crippen LogP contribution in [0.25, 0.3) is 0 Å². The lowest BCUT2D eigenvalue weighted by atomic mass is 9.82. The van der Waals surface area contributed by atoms with E-state index in [-0.39, 0.29) is 37.2 Å². The maximum Gasteiger partial charge on any atom is 0.309 e. The molecule has 0 spiro atoms. The average Bonchev–Trinajstić information content (AvgIpc) is 3.42. The van der Waals surface area contributed by atoms with E-state index in [9.17, 15) is 14.7 Å². The van der Waals surface area contributed by atoms with E-state index in [1.807, 2.05) is 80.0 Å². The number of methoxy groups -OCH3 is 1. The highest BCUT2D eigenvalue weighted by Gasteiger charge is 2.48. The smallest absolute Gasteiger partial charge is 0.309 e. The van der Waals surface area contributed by atoms with Gasteiger partial charge < -0.3 is 24.2 Å². The maximum absolute atomic E-state index is 13.4. The number of carbonyl (C=O) groups excluding carboxylic acids is 1. The van der Waals surface area contributed by atoms with Gasteiger partial charge in [-0.3, -0.25) is 14.5 Å². The number of aliphatic carboxylic acids is 1. The summed E-state index contributed by atoms with van der Waals surface area (Å²) in [7, 11) is 1.59. The molecule has 2 aliphatic rings. The quantitative estimate of drug-likeness (QED) is 0.610. The molecule has 35 heavy (non-hydrogen) atoms. The first-order valence-electron chi connectivity index (χ1n) is 12.0. The minimum Gasteiger partial charge on any atom is -0.497 e. The first-order valence-corrected chi connectivity index (χ1v) is 12.0. The van der Waals surface area contributed by atoms with Crippen LogP contribution in [-0.4, -0.2) is 65.9 Å². The number of ether oxygens (including phenoxy) is 3. The maximum atomic E-state index is 13.4. The Balaban J connectivity index is 1.73. The molecular weight excluding hydrogens is 448 g/mol. The Kier molecular flexibility index (Phi) is 7.21. The number of likely N-dealkylation sites (tertiary alicyclic amines) is 1. The Bertz CT molecular complexity index is 1060. The Labute approximate surface area is 206 Å². The van der Waals surface area contributed by atoms with Crippen molar-refractivity contribution < 1.29 is 28.9 Å². The zero-order valence-electron chi connectivity index (χ0n) is 20.9. The highest BCUT2D eigenvalue weighted by molar-refractivity contribution is 5.80. The molecule has 0 saturated carbocycles. The van der Waals surface area contributed by atoms with Crippen LogP contribution < -0.4 is 14.2 Å². The van der Waals surface area contributed by atoms with E-state index in [1.54, 1.807) is 7.11 Å². The number of carbonyl (C=O) groups is 2. The van der Waals surface area contributed by atoms with Crippen molar-refractivity contribution >= 4 is 11.9 Å². The molecule has 3 atom stereocenters. The number of rotatable bonds is 8. The van der Waals surface area contributed by atoms with Crippen molar-refractivity contribution in [1.29, 1.82) is 0 Å². The van der Waals surface area contributed by atoms with Crippen LogP contribution in [0.2, 0.25) is 0 Å². The van der Waals surface area contributed by atoms with E-state index in [2.05, 4.69) is 0 Å². The second-order valence-electron chi connectivity index (χ2n) is 9.72. The molecule has 3 unspecified atom stereocenters. The first kappa shape index (κ1) is 24.9. The number of hydrogen-bond donors (Lipinski definition) is 1. The van der Waals surface area contributed by atoms with Crippen molar-refractivity contribution in [3.05, 3.63) is 53.6 Å². The molecule has 0 aromatic heterocycles. The first-order chi connectivity index (χ1) is 16.7. The van der Waals surface area contributed by atoms with E-state index in [0.717, 1.165) is 11.1 Å². The summed E-state index contributed by atoms with van der Waals surface area (Å²) in [6.45, 7) is 8.72. The summed E-state index contributed by atoms with van der Waals surface area (Å²) in [6, 6.07) is 12.7. The largest absolute Gasteiger partial charge is 0.497 e. The van der Waals surface area contributed by atoms with Crippen molar-refractivity contribution in [2.24, 2.45) is 5.92 Å².